The highest BCUT2D eigenvalue weighted by atomic mass is 32.2. The zero-order chi connectivity index (χ0) is 14.0. The van der Waals surface area contributed by atoms with Gasteiger partial charge in [0, 0.05) is 18.1 Å². The number of urea groups is 1. The van der Waals surface area contributed by atoms with Crippen molar-refractivity contribution in [3.05, 3.63) is 12.7 Å². The third-order valence-electron chi connectivity index (χ3n) is 2.53. The summed E-state index contributed by atoms with van der Waals surface area (Å²) in [5.41, 5.74) is 0. The first-order valence-corrected chi connectivity index (χ1v) is 7.14. The molecule has 5 nitrogen and oxygen atoms in total. The smallest absolute Gasteiger partial charge is 0.326 e. The number of carbonyl (C=O) groups excluding carboxylic acids is 1. The van der Waals surface area contributed by atoms with Crippen LogP contribution in [0.4, 0.5) is 4.79 Å². The second kappa shape index (κ2) is 9.82. The average molecular weight is 274 g/mol. The maximum Gasteiger partial charge on any atom is 0.326 e. The summed E-state index contributed by atoms with van der Waals surface area (Å²) in [5, 5.41) is 14.1. The van der Waals surface area contributed by atoms with Crippen LogP contribution in [0.5, 0.6) is 0 Å². The van der Waals surface area contributed by atoms with E-state index in [1.807, 2.05) is 6.92 Å². The van der Waals surface area contributed by atoms with Crippen LogP contribution in [-0.4, -0.2) is 41.2 Å². The summed E-state index contributed by atoms with van der Waals surface area (Å²) in [7, 11) is 0. The number of thioether (sulfide) groups is 1. The van der Waals surface area contributed by atoms with Crippen molar-refractivity contribution in [2.45, 2.75) is 26.3 Å². The van der Waals surface area contributed by atoms with Crippen LogP contribution in [0.1, 0.15) is 20.3 Å². The summed E-state index contributed by atoms with van der Waals surface area (Å²) in [6.45, 7) is 7.81. The van der Waals surface area contributed by atoms with Crippen molar-refractivity contribution in [3.8, 4) is 0 Å². The predicted octanol–water partition coefficient (Wildman–Crippen LogP) is 1.70. The van der Waals surface area contributed by atoms with Crippen molar-refractivity contribution in [2.75, 3.05) is 18.1 Å². The Morgan fingerprint density at radius 2 is 2.17 bits per heavy atom. The first kappa shape index (κ1) is 16.8. The molecule has 0 fully saturated rings. The summed E-state index contributed by atoms with van der Waals surface area (Å²) < 4.78 is 0. The molecule has 0 saturated carbocycles. The lowest BCUT2D eigenvalue weighted by Gasteiger charge is -2.20. The number of rotatable bonds is 9. The van der Waals surface area contributed by atoms with E-state index in [0.717, 1.165) is 11.5 Å². The van der Waals surface area contributed by atoms with Gasteiger partial charge >= 0.3 is 12.0 Å². The molecular weight excluding hydrogens is 252 g/mol. The Morgan fingerprint density at radius 3 is 2.67 bits per heavy atom. The molecule has 2 unspecified atom stereocenters. The maximum atomic E-state index is 11.5. The number of amides is 2. The van der Waals surface area contributed by atoms with E-state index >= 15 is 0 Å². The van der Waals surface area contributed by atoms with Gasteiger partial charge < -0.3 is 15.7 Å². The lowest BCUT2D eigenvalue weighted by atomic mass is 9.99. The zero-order valence-electron chi connectivity index (χ0n) is 10.9. The van der Waals surface area contributed by atoms with Crippen LogP contribution in [-0.2, 0) is 4.79 Å². The molecule has 0 aliphatic heterocycles. The van der Waals surface area contributed by atoms with Gasteiger partial charge in [-0.05, 0) is 5.92 Å². The number of hydrogen-bond acceptors (Lipinski definition) is 3. The molecule has 0 heterocycles. The highest BCUT2D eigenvalue weighted by Gasteiger charge is 2.24. The minimum atomic E-state index is -1.000. The predicted molar refractivity (Wildman–Crippen MR) is 74.9 cm³/mol. The van der Waals surface area contributed by atoms with E-state index in [2.05, 4.69) is 17.2 Å². The molecule has 0 aliphatic carbocycles. The first-order chi connectivity index (χ1) is 8.52. The van der Waals surface area contributed by atoms with Gasteiger partial charge in [0.2, 0.25) is 0 Å². The van der Waals surface area contributed by atoms with Gasteiger partial charge in [-0.2, -0.15) is 11.8 Å². The highest BCUT2D eigenvalue weighted by Crippen LogP contribution is 2.07. The summed E-state index contributed by atoms with van der Waals surface area (Å²) in [4.78, 5) is 22.5. The van der Waals surface area contributed by atoms with Crippen LogP contribution >= 0.6 is 11.8 Å². The van der Waals surface area contributed by atoms with Gasteiger partial charge in [0.25, 0.3) is 0 Å². The van der Waals surface area contributed by atoms with Gasteiger partial charge in [0.15, 0.2) is 0 Å². The minimum Gasteiger partial charge on any atom is -0.480 e. The molecule has 0 rings (SSSR count). The molecule has 0 radical (unpaired) electrons. The molecule has 0 aromatic carbocycles. The van der Waals surface area contributed by atoms with Crippen molar-refractivity contribution < 1.29 is 14.7 Å². The maximum absolute atomic E-state index is 11.5. The van der Waals surface area contributed by atoms with E-state index in [0.29, 0.717) is 13.0 Å². The molecule has 0 saturated heterocycles. The SMILES string of the molecule is C=CCSCCNC(=O)NC(C(=O)O)C(C)CC. The summed E-state index contributed by atoms with van der Waals surface area (Å²) in [5.74, 6) is 0.526. The first-order valence-electron chi connectivity index (χ1n) is 5.98. The molecule has 18 heavy (non-hydrogen) atoms. The Kier molecular flexibility index (Phi) is 9.18. The average Bonchev–Trinajstić information content (AvgIpc) is 2.34. The Balaban J connectivity index is 3.95. The molecule has 104 valence electrons. The fourth-order valence-corrected chi connectivity index (χ4v) is 1.86. The van der Waals surface area contributed by atoms with E-state index in [9.17, 15) is 9.59 Å². The normalized spacial score (nSPS) is 13.4. The highest BCUT2D eigenvalue weighted by molar-refractivity contribution is 7.99. The molecule has 0 aliphatic rings. The third kappa shape index (κ3) is 7.21. The minimum absolute atomic E-state index is 0.0941. The van der Waals surface area contributed by atoms with Gasteiger partial charge in [-0.25, -0.2) is 9.59 Å². The van der Waals surface area contributed by atoms with Crippen LogP contribution in [0.15, 0.2) is 12.7 Å². The van der Waals surface area contributed by atoms with Crippen LogP contribution in [0.25, 0.3) is 0 Å². The quantitative estimate of drug-likeness (QED) is 0.442. The number of carboxylic acid groups (broad SMARTS) is 1. The van der Waals surface area contributed by atoms with E-state index < -0.39 is 18.0 Å². The lowest BCUT2D eigenvalue weighted by Crippen LogP contribution is -2.49. The van der Waals surface area contributed by atoms with Crippen molar-refractivity contribution in [1.82, 2.24) is 10.6 Å². The van der Waals surface area contributed by atoms with Crippen LogP contribution in [0, 0.1) is 5.92 Å². The Hall–Kier alpha value is -1.17. The molecule has 0 aromatic heterocycles. The van der Waals surface area contributed by atoms with Crippen molar-refractivity contribution in [1.29, 1.82) is 0 Å². The van der Waals surface area contributed by atoms with Crippen LogP contribution in [0.3, 0.4) is 0 Å². The molecule has 0 aromatic rings. The van der Waals surface area contributed by atoms with Crippen LogP contribution in [0.2, 0.25) is 0 Å². The molecule has 0 spiro atoms. The molecular formula is C12H22N2O3S. The Labute approximate surface area is 112 Å². The second-order valence-electron chi connectivity index (χ2n) is 3.97. The van der Waals surface area contributed by atoms with E-state index in [4.69, 9.17) is 5.11 Å². The molecule has 0 bridgehead atoms. The standard InChI is InChI=1S/C12H22N2O3S/c1-4-7-18-8-6-13-12(17)14-10(11(15)16)9(3)5-2/h4,9-10H,1,5-8H2,2-3H3,(H,15,16)(H2,13,14,17). The van der Waals surface area contributed by atoms with Gasteiger partial charge in [-0.15, -0.1) is 6.58 Å². The van der Waals surface area contributed by atoms with E-state index in [1.165, 1.54) is 0 Å². The monoisotopic (exact) mass is 274 g/mol. The summed E-state index contributed by atoms with van der Waals surface area (Å²) >= 11 is 1.65. The molecule has 6 heteroatoms. The van der Waals surface area contributed by atoms with E-state index in [-0.39, 0.29) is 5.92 Å². The lowest BCUT2D eigenvalue weighted by molar-refractivity contribution is -0.140. The van der Waals surface area contributed by atoms with Crippen LogP contribution < -0.4 is 10.6 Å². The summed E-state index contributed by atoms with van der Waals surface area (Å²) in [6.07, 6.45) is 2.50. The number of hydrogen-bond donors (Lipinski definition) is 3. The van der Waals surface area contributed by atoms with E-state index in [1.54, 1.807) is 24.8 Å². The van der Waals surface area contributed by atoms with Gasteiger partial charge in [0.1, 0.15) is 6.04 Å². The fraction of sp³-hybridized carbons (Fsp3) is 0.667. The van der Waals surface area contributed by atoms with Crippen molar-refractivity contribution >= 4 is 23.8 Å². The van der Waals surface area contributed by atoms with Crippen molar-refractivity contribution in [2.24, 2.45) is 5.92 Å². The topological polar surface area (TPSA) is 78.4 Å². The molecule has 2 atom stereocenters. The molecule has 2 amide bonds. The van der Waals surface area contributed by atoms with Gasteiger partial charge in [0.05, 0.1) is 0 Å². The number of aliphatic carboxylic acids is 1. The third-order valence-corrected chi connectivity index (χ3v) is 3.50. The Bertz CT molecular complexity index is 284. The Morgan fingerprint density at radius 1 is 1.50 bits per heavy atom. The number of carbonyl (C=O) groups is 2. The number of nitrogens with one attached hydrogen (secondary N) is 2. The second-order valence-corrected chi connectivity index (χ2v) is 5.12. The van der Waals surface area contributed by atoms with Gasteiger partial charge in [-0.3, -0.25) is 0 Å². The van der Waals surface area contributed by atoms with Gasteiger partial charge in [-0.1, -0.05) is 26.3 Å². The number of carboxylic acids is 1. The molecule has 3 N–H and O–H groups in total. The largest absolute Gasteiger partial charge is 0.480 e. The summed E-state index contributed by atoms with van der Waals surface area (Å²) in [6, 6.07) is -1.27. The fourth-order valence-electron chi connectivity index (χ4n) is 1.28. The zero-order valence-corrected chi connectivity index (χ0v) is 11.8. The van der Waals surface area contributed by atoms with Crippen molar-refractivity contribution in [3.63, 3.8) is 0 Å².